The summed E-state index contributed by atoms with van der Waals surface area (Å²) in [5.41, 5.74) is 1.19. The van der Waals surface area contributed by atoms with Crippen LogP contribution in [0.4, 0.5) is 0 Å². The fourth-order valence-electron chi connectivity index (χ4n) is 0.688. The van der Waals surface area contributed by atoms with Crippen LogP contribution in [0.15, 0.2) is 23.0 Å². The molecule has 2 heteroatoms. The molecule has 0 radical (unpaired) electrons. The van der Waals surface area contributed by atoms with E-state index in [2.05, 4.69) is 12.2 Å². The molecule has 0 aliphatic heterocycles. The van der Waals surface area contributed by atoms with Crippen molar-refractivity contribution < 1.29 is 4.42 Å². The molecule has 0 aliphatic rings. The Kier molecular flexibility index (Phi) is 1.90. The van der Waals surface area contributed by atoms with E-state index in [-0.39, 0.29) is 0 Å². The highest BCUT2D eigenvalue weighted by Gasteiger charge is 2.00. The van der Waals surface area contributed by atoms with Crippen molar-refractivity contribution in [3.63, 3.8) is 0 Å². The molecule has 0 saturated carbocycles. The van der Waals surface area contributed by atoms with E-state index in [1.54, 1.807) is 12.5 Å². The fraction of sp³-hybridized carbons (Fsp3) is 0.429. The molecule has 1 aromatic rings. The zero-order valence-corrected chi connectivity index (χ0v) is 5.72. The molecule has 0 bridgehead atoms. The molecule has 0 unspecified atom stereocenters. The number of furan rings is 1. The summed E-state index contributed by atoms with van der Waals surface area (Å²) in [4.78, 5) is 0. The van der Waals surface area contributed by atoms with Crippen molar-refractivity contribution in [3.05, 3.63) is 24.2 Å². The fourth-order valence-corrected chi connectivity index (χ4v) is 0.688. The minimum atomic E-state index is 0.392. The zero-order valence-electron chi connectivity index (χ0n) is 5.72. The van der Waals surface area contributed by atoms with Gasteiger partial charge in [-0.15, -0.1) is 0 Å². The third kappa shape index (κ3) is 1.33. The van der Waals surface area contributed by atoms with Crippen LogP contribution in [0.1, 0.15) is 18.5 Å². The van der Waals surface area contributed by atoms with Crippen LogP contribution < -0.4 is 5.32 Å². The first-order valence-electron chi connectivity index (χ1n) is 3.04. The lowest BCUT2D eigenvalue weighted by Gasteiger charge is -2.04. The van der Waals surface area contributed by atoms with E-state index in [0.717, 1.165) is 0 Å². The van der Waals surface area contributed by atoms with Crippen molar-refractivity contribution in [3.8, 4) is 0 Å². The smallest absolute Gasteiger partial charge is 0.0950 e. The van der Waals surface area contributed by atoms with Crippen molar-refractivity contribution in [2.24, 2.45) is 0 Å². The first kappa shape index (κ1) is 6.36. The van der Waals surface area contributed by atoms with E-state index in [1.807, 2.05) is 13.1 Å². The van der Waals surface area contributed by atoms with Gasteiger partial charge in [0.15, 0.2) is 0 Å². The molecule has 1 heterocycles. The molecular weight excluding hydrogens is 114 g/mol. The Morgan fingerprint density at radius 2 is 2.44 bits per heavy atom. The summed E-state index contributed by atoms with van der Waals surface area (Å²) in [6.45, 7) is 2.09. The van der Waals surface area contributed by atoms with Crippen LogP contribution in [0.5, 0.6) is 0 Å². The second-order valence-electron chi connectivity index (χ2n) is 2.07. The van der Waals surface area contributed by atoms with E-state index in [1.165, 1.54) is 5.56 Å². The lowest BCUT2D eigenvalue weighted by atomic mass is 10.2. The minimum Gasteiger partial charge on any atom is -0.472 e. The van der Waals surface area contributed by atoms with Gasteiger partial charge in [0, 0.05) is 11.6 Å². The highest BCUT2D eigenvalue weighted by molar-refractivity contribution is 5.09. The Morgan fingerprint density at radius 1 is 1.67 bits per heavy atom. The van der Waals surface area contributed by atoms with Gasteiger partial charge in [0.2, 0.25) is 0 Å². The molecule has 0 spiro atoms. The lowest BCUT2D eigenvalue weighted by Crippen LogP contribution is -2.10. The molecular formula is C7H11NO. The summed E-state index contributed by atoms with van der Waals surface area (Å²) in [6.07, 6.45) is 3.43. The topological polar surface area (TPSA) is 25.2 Å². The first-order valence-corrected chi connectivity index (χ1v) is 3.04. The normalized spacial score (nSPS) is 13.6. The van der Waals surface area contributed by atoms with E-state index >= 15 is 0 Å². The van der Waals surface area contributed by atoms with Gasteiger partial charge in [-0.2, -0.15) is 0 Å². The van der Waals surface area contributed by atoms with Crippen molar-refractivity contribution in [1.82, 2.24) is 5.32 Å². The minimum absolute atomic E-state index is 0.392. The maximum atomic E-state index is 4.90. The molecule has 1 N–H and O–H groups in total. The van der Waals surface area contributed by atoms with Crippen LogP contribution in [-0.4, -0.2) is 7.05 Å². The zero-order chi connectivity index (χ0) is 6.69. The SMILES string of the molecule is CN[C@H](C)c1ccoc1. The predicted octanol–water partition coefficient (Wildman–Crippen LogP) is 1.56. The van der Waals surface area contributed by atoms with Crippen LogP contribution in [-0.2, 0) is 0 Å². The monoisotopic (exact) mass is 125 g/mol. The van der Waals surface area contributed by atoms with Gasteiger partial charge < -0.3 is 9.73 Å². The highest BCUT2D eigenvalue weighted by atomic mass is 16.3. The van der Waals surface area contributed by atoms with Gasteiger partial charge in [0.1, 0.15) is 0 Å². The van der Waals surface area contributed by atoms with E-state index in [9.17, 15) is 0 Å². The lowest BCUT2D eigenvalue weighted by molar-refractivity contribution is 0.553. The third-order valence-corrected chi connectivity index (χ3v) is 1.48. The van der Waals surface area contributed by atoms with Gasteiger partial charge in [0.05, 0.1) is 12.5 Å². The Labute approximate surface area is 54.9 Å². The van der Waals surface area contributed by atoms with E-state index in [0.29, 0.717) is 6.04 Å². The molecule has 1 atom stereocenters. The summed E-state index contributed by atoms with van der Waals surface area (Å²) in [6, 6.07) is 2.35. The van der Waals surface area contributed by atoms with Gasteiger partial charge in [0.25, 0.3) is 0 Å². The van der Waals surface area contributed by atoms with Crippen molar-refractivity contribution >= 4 is 0 Å². The van der Waals surface area contributed by atoms with Gasteiger partial charge in [-0.05, 0) is 20.0 Å². The molecule has 1 rings (SSSR count). The van der Waals surface area contributed by atoms with E-state index < -0.39 is 0 Å². The van der Waals surface area contributed by atoms with Crippen LogP contribution in [0.3, 0.4) is 0 Å². The largest absolute Gasteiger partial charge is 0.472 e. The van der Waals surface area contributed by atoms with Gasteiger partial charge in [-0.3, -0.25) is 0 Å². The molecule has 0 amide bonds. The molecule has 0 saturated heterocycles. The summed E-state index contributed by atoms with van der Waals surface area (Å²) in [7, 11) is 1.93. The highest BCUT2D eigenvalue weighted by Crippen LogP contribution is 2.10. The van der Waals surface area contributed by atoms with Gasteiger partial charge in [-0.25, -0.2) is 0 Å². The average Bonchev–Trinajstić information content (AvgIpc) is 2.37. The summed E-state index contributed by atoms with van der Waals surface area (Å²) < 4.78 is 4.90. The molecule has 50 valence electrons. The van der Waals surface area contributed by atoms with Crippen molar-refractivity contribution in [2.45, 2.75) is 13.0 Å². The summed E-state index contributed by atoms with van der Waals surface area (Å²) in [5.74, 6) is 0. The molecule has 0 fully saturated rings. The van der Waals surface area contributed by atoms with Crippen LogP contribution in [0.25, 0.3) is 0 Å². The van der Waals surface area contributed by atoms with Crippen LogP contribution >= 0.6 is 0 Å². The standard InChI is InChI=1S/C7H11NO/c1-6(8-2)7-3-4-9-5-7/h3-6,8H,1-2H3/t6-/m1/s1. The number of hydrogen-bond acceptors (Lipinski definition) is 2. The van der Waals surface area contributed by atoms with Crippen LogP contribution in [0.2, 0.25) is 0 Å². The first-order chi connectivity index (χ1) is 4.34. The Bertz CT molecular complexity index is 157. The summed E-state index contributed by atoms with van der Waals surface area (Å²) in [5, 5.41) is 3.11. The van der Waals surface area contributed by atoms with E-state index in [4.69, 9.17) is 4.42 Å². The second kappa shape index (κ2) is 2.69. The van der Waals surface area contributed by atoms with Crippen LogP contribution in [0, 0.1) is 0 Å². The molecule has 2 nitrogen and oxygen atoms in total. The number of hydrogen-bond donors (Lipinski definition) is 1. The van der Waals surface area contributed by atoms with Gasteiger partial charge >= 0.3 is 0 Å². The quantitative estimate of drug-likeness (QED) is 0.648. The van der Waals surface area contributed by atoms with Crippen molar-refractivity contribution in [1.29, 1.82) is 0 Å². The maximum absolute atomic E-state index is 4.90. The third-order valence-electron chi connectivity index (χ3n) is 1.48. The van der Waals surface area contributed by atoms with Gasteiger partial charge in [-0.1, -0.05) is 0 Å². The molecule has 0 aromatic carbocycles. The Balaban J connectivity index is 2.65. The number of rotatable bonds is 2. The average molecular weight is 125 g/mol. The second-order valence-corrected chi connectivity index (χ2v) is 2.07. The molecule has 0 aliphatic carbocycles. The maximum Gasteiger partial charge on any atom is 0.0950 e. The number of nitrogens with one attached hydrogen (secondary N) is 1. The Morgan fingerprint density at radius 3 is 2.89 bits per heavy atom. The predicted molar refractivity (Wildman–Crippen MR) is 36.2 cm³/mol. The Hall–Kier alpha value is -0.760. The van der Waals surface area contributed by atoms with Crippen molar-refractivity contribution in [2.75, 3.05) is 7.05 Å². The summed E-state index contributed by atoms with van der Waals surface area (Å²) >= 11 is 0. The molecule has 9 heavy (non-hydrogen) atoms. The molecule has 1 aromatic heterocycles.